The monoisotopic (exact) mass is 1770 g/mol. The number of aromatic hydroxyl groups is 1. The van der Waals surface area contributed by atoms with Crippen LogP contribution in [0.5, 0.6) is 17.2 Å². The minimum Gasteiger partial charge on any atom is -0.507 e. The average Bonchev–Trinajstić information content (AvgIpc) is 1.44. The molecule has 11 atom stereocenters. The predicted molar refractivity (Wildman–Crippen MR) is 475 cm³/mol. The second-order valence-corrected chi connectivity index (χ2v) is 32.7. The maximum atomic E-state index is 15.1. The zero-order chi connectivity index (χ0) is 92.8. The maximum Gasteiger partial charge on any atom is 0.312 e. The van der Waals surface area contributed by atoms with E-state index in [1.807, 2.05) is 74.7 Å². The van der Waals surface area contributed by atoms with E-state index in [2.05, 4.69) is 33.5 Å². The van der Waals surface area contributed by atoms with Crippen molar-refractivity contribution in [3.63, 3.8) is 0 Å². The van der Waals surface area contributed by atoms with Gasteiger partial charge in [0.25, 0.3) is 5.91 Å². The molecule has 7 rings (SSSR count). The number of hydrogen-bond donors (Lipinski definition) is 10. The molecule has 5 bridgehead atoms. The minimum absolute atomic E-state index is 0.0220. The number of amides is 6. The Labute approximate surface area is 737 Å². The zero-order valence-electron chi connectivity index (χ0n) is 76.1. The number of carbonyl (C=O) groups excluding carboxylic acids is 7. The molecule has 0 radical (unpaired) electrons. The predicted octanol–water partition coefficient (Wildman–Crippen LogP) is 7.61. The summed E-state index contributed by atoms with van der Waals surface area (Å²) < 4.78 is 80.2. The number of phenols is 1. The molecule has 0 unspecified atom stereocenters. The number of benzene rings is 4. The number of urea groups is 1. The van der Waals surface area contributed by atoms with Gasteiger partial charge in [-0.15, -0.1) is 0 Å². The van der Waals surface area contributed by atoms with Crippen molar-refractivity contribution >= 4 is 91.5 Å². The standard InChI is InChI=1S/C71H93N7O18.C20H42N2O8/c1-36(2)57(75-53(82)26-29-90-14)49(80)32-46(20-17-27-73-70(72)89)69(88)74-47-23-21-45(22-24-47)35-78(12,13)28-31-92-48-33-50(81)58-52(34-48)95-66-59(76-58)54-55-62(84)43(9)65-56(54)67(86)71(11,96-65)93-30-25-51(91-15)42(8)64(94-44(10)79)41(7)39(5)40(6)61(83)37(3)18-16-19-38(4)68(87)77-60(66)63(55)85;1-2-6-24-8-10-26-12-14-28-16-18-30-19-17-29-15-13-27-11-9-25-7-5-22-20(23)3-4-21/h16,18-19,21-25,30,33-34,36-37,39-42,46,51,57,61,64,83H,17,20,26-29,31-32,35H2,1-15H3,(H7-,72,73,74,75,76,77,81,82,84,85,86,87,88,89);2-19,21H2,1H3,(H,22,23)/p+1/b18-16+,30-25+,38-19-;/t37-,39+,40-,41+,42+,46+,51-,57-,61-,64-,71-;/m0./s1. The Kier molecular flexibility index (Phi) is 44.3. The Morgan fingerprint density at radius 1 is 0.730 bits per heavy atom. The number of nitrogens with zero attached hydrogens (tertiary/aromatic N) is 2. The van der Waals surface area contributed by atoms with E-state index in [1.54, 1.807) is 30.4 Å². The van der Waals surface area contributed by atoms with E-state index in [0.717, 1.165) is 18.6 Å². The summed E-state index contributed by atoms with van der Waals surface area (Å²) in [6, 6.07) is 8.34. The van der Waals surface area contributed by atoms with Gasteiger partial charge in [-0.25, -0.2) is 9.78 Å². The molecule has 0 fully saturated rings. The number of phenolic OH excluding ortho intramolecular Hbond substituents is 1. The van der Waals surface area contributed by atoms with Crippen LogP contribution in [0.4, 0.5) is 16.2 Å². The largest absolute Gasteiger partial charge is 0.507 e. The molecule has 35 nitrogen and oxygen atoms in total. The fourth-order valence-corrected chi connectivity index (χ4v) is 14.4. The number of primary amides is 1. The van der Waals surface area contributed by atoms with E-state index in [-0.39, 0.29) is 141 Å². The van der Waals surface area contributed by atoms with Gasteiger partial charge < -0.3 is 124 Å². The van der Waals surface area contributed by atoms with Crippen LogP contribution in [0.3, 0.4) is 0 Å². The third-order valence-corrected chi connectivity index (χ3v) is 22.0. The first-order valence-electron chi connectivity index (χ1n) is 43.2. The number of Topliss-reactive ketones (excluding diaryl/α,β-unsaturated/α-hetero) is 1. The summed E-state index contributed by atoms with van der Waals surface area (Å²) in [4.78, 5) is 124. The third kappa shape index (κ3) is 32.2. The molecule has 0 spiro atoms. The number of likely N-dealkylation sites (N-methyl/N-ethyl adjacent to an activating group) is 1. The van der Waals surface area contributed by atoms with Gasteiger partial charge in [-0.1, -0.05) is 85.8 Å². The molecule has 700 valence electrons. The summed E-state index contributed by atoms with van der Waals surface area (Å²) in [5.74, 6) is -8.28. The van der Waals surface area contributed by atoms with Gasteiger partial charge in [0.05, 0.1) is 142 Å². The summed E-state index contributed by atoms with van der Waals surface area (Å²) in [7, 11) is 6.92. The number of methoxy groups -OCH3 is 2. The van der Waals surface area contributed by atoms with Crippen molar-refractivity contribution in [2.45, 2.75) is 158 Å². The van der Waals surface area contributed by atoms with Crippen molar-refractivity contribution in [2.24, 2.45) is 52.9 Å². The smallest absolute Gasteiger partial charge is 0.312 e. The molecular weight excluding hydrogens is 1640 g/mol. The average molecular weight is 1770 g/mol. The SMILES string of the molecule is CCCOCCOCCOCCOCCOCCOCCOCCNC(=O)CCN.COCCC(=O)N[C@H](C(=O)C[C@@H](CCCNC(N)=O)C(=O)Nc1ccc(C[N+](C)(C)CCOc2cc(=O)c3nc4c(oc3c2)c2c(=O)c3c(O)c(C)c5c(c34)=C(O)[C@@](C)(O/C=C/[C@H](OC)[C@@H](C)[C@@H](OC(C)=O)[C@H](C)[C@H](C)[C@H](C)[C@@H](O)[C@@H](C)/C=C/C=C(/C)C(=O)N2)O5)cc1)C(C)C. The van der Waals surface area contributed by atoms with Crippen LogP contribution >= 0.6 is 0 Å². The van der Waals surface area contributed by atoms with Crippen molar-refractivity contribution in [3.05, 3.63) is 109 Å². The van der Waals surface area contributed by atoms with E-state index in [4.69, 9.17) is 82.4 Å². The fourth-order valence-electron chi connectivity index (χ4n) is 14.4. The Hall–Kier alpha value is -9.76. The summed E-state index contributed by atoms with van der Waals surface area (Å²) in [5.41, 5.74) is 9.13. The fraction of sp³-hybridized carbons (Fsp3) is 0.604. The van der Waals surface area contributed by atoms with Crippen LogP contribution in [0.25, 0.3) is 38.7 Å². The molecule has 3 heterocycles. The number of rotatable bonds is 47. The molecular formula is C91H136N9O26+. The van der Waals surface area contributed by atoms with Crippen LogP contribution in [-0.2, 0) is 87.4 Å². The first-order valence-corrected chi connectivity index (χ1v) is 43.2. The highest BCUT2D eigenvalue weighted by Gasteiger charge is 2.45. The van der Waals surface area contributed by atoms with Crippen LogP contribution in [-0.4, -0.2) is 257 Å². The summed E-state index contributed by atoms with van der Waals surface area (Å²) >= 11 is 0. The van der Waals surface area contributed by atoms with Crippen LogP contribution in [0.1, 0.15) is 126 Å². The number of aromatic nitrogens is 1. The highest BCUT2D eigenvalue weighted by atomic mass is 16.7. The molecule has 4 aromatic carbocycles. The number of nitrogens with two attached hydrogens (primary N) is 2. The Morgan fingerprint density at radius 2 is 1.34 bits per heavy atom. The number of aliphatic hydroxyl groups excluding tert-OH is 2. The van der Waals surface area contributed by atoms with Crippen LogP contribution in [0.2, 0.25) is 0 Å². The van der Waals surface area contributed by atoms with Gasteiger partial charge >= 0.3 is 17.8 Å². The number of aliphatic hydroxyl groups is 2. The molecule has 2 aliphatic heterocycles. The minimum atomic E-state index is -2.02. The van der Waals surface area contributed by atoms with Crippen LogP contribution < -0.4 is 63.6 Å². The number of quaternary nitrogens is 1. The van der Waals surface area contributed by atoms with Gasteiger partial charge in [0.15, 0.2) is 28.2 Å². The van der Waals surface area contributed by atoms with E-state index in [0.29, 0.717) is 135 Å². The molecule has 126 heavy (non-hydrogen) atoms. The lowest BCUT2D eigenvalue weighted by Gasteiger charge is -2.39. The number of allylic oxidation sites excluding steroid dienone is 2. The summed E-state index contributed by atoms with van der Waals surface area (Å²) in [6.45, 7) is 30.8. The Bertz CT molecular complexity index is 4650. The highest BCUT2D eigenvalue weighted by Crippen LogP contribution is 2.43. The quantitative estimate of drug-likeness (QED) is 0.00588. The van der Waals surface area contributed by atoms with Gasteiger partial charge in [-0.3, -0.25) is 38.4 Å². The van der Waals surface area contributed by atoms with Crippen molar-refractivity contribution in [3.8, 4) is 17.2 Å². The molecule has 35 heteroatoms. The Morgan fingerprint density at radius 3 is 1.91 bits per heavy atom. The second-order valence-electron chi connectivity index (χ2n) is 32.7. The number of ketones is 1. The topological polar surface area (TPSA) is 473 Å². The molecule has 0 saturated heterocycles. The second kappa shape index (κ2) is 53.1. The lowest BCUT2D eigenvalue weighted by Crippen LogP contribution is -2.45. The summed E-state index contributed by atoms with van der Waals surface area (Å²) in [6.07, 6.45) is 7.28. The van der Waals surface area contributed by atoms with Gasteiger partial charge in [0, 0.05) is 131 Å². The molecule has 1 aromatic heterocycles. The third-order valence-electron chi connectivity index (χ3n) is 22.0. The van der Waals surface area contributed by atoms with Crippen LogP contribution in [0, 0.1) is 48.3 Å². The molecule has 12 N–H and O–H groups in total. The lowest BCUT2D eigenvalue weighted by atomic mass is 9.73. The van der Waals surface area contributed by atoms with E-state index in [9.17, 15) is 53.7 Å². The molecule has 2 aliphatic rings. The number of ether oxygens (including phenoxy) is 13. The zero-order valence-corrected chi connectivity index (χ0v) is 76.1. The number of esters is 1. The summed E-state index contributed by atoms with van der Waals surface area (Å²) in [5, 5.41) is 49.0. The van der Waals surface area contributed by atoms with Crippen molar-refractivity contribution in [2.75, 3.05) is 171 Å². The number of anilines is 2. The first kappa shape index (κ1) is 105. The number of hydrogen-bond acceptors (Lipinski definition) is 28. The van der Waals surface area contributed by atoms with Crippen LogP contribution in [0.15, 0.2) is 86.5 Å². The van der Waals surface area contributed by atoms with E-state index < -0.39 is 99.8 Å². The first-order chi connectivity index (χ1) is 60.0. The van der Waals surface area contributed by atoms with Gasteiger partial charge in [0.2, 0.25) is 28.6 Å². The Balaban J connectivity index is 0.000000693. The maximum absolute atomic E-state index is 15.1. The van der Waals surface area contributed by atoms with Gasteiger partial charge in [0.1, 0.15) is 54.3 Å². The van der Waals surface area contributed by atoms with E-state index >= 15 is 4.79 Å². The van der Waals surface area contributed by atoms with Crippen molar-refractivity contribution in [1.29, 1.82) is 0 Å². The lowest BCUT2D eigenvalue weighted by molar-refractivity contribution is -0.903. The normalized spacial score (nSPS) is 20.7. The van der Waals surface area contributed by atoms with Gasteiger partial charge in [-0.05, 0) is 75.0 Å². The van der Waals surface area contributed by atoms with Crippen molar-refractivity contribution in [1.82, 2.24) is 20.9 Å². The molecule has 0 aliphatic carbocycles. The number of fused-ring (bicyclic) bond motifs is 5. The highest BCUT2D eigenvalue weighted by molar-refractivity contribution is 6.17. The van der Waals surface area contributed by atoms with Crippen molar-refractivity contribution < 1.29 is 119 Å². The number of carbonyl (C=O) groups is 7. The number of nitrogens with one attached hydrogen (secondary N) is 5. The molecule has 0 saturated carbocycles. The molecule has 6 amide bonds. The molecule has 5 aromatic rings. The van der Waals surface area contributed by atoms with E-state index in [1.165, 1.54) is 66.4 Å². The van der Waals surface area contributed by atoms with Gasteiger partial charge in [-0.2, -0.15) is 0 Å².